The first-order valence-electron chi connectivity index (χ1n) is 3.43. The van der Waals surface area contributed by atoms with Gasteiger partial charge in [-0.05, 0) is 12.1 Å². The van der Waals surface area contributed by atoms with Crippen LogP contribution in [0.15, 0.2) is 16.6 Å². The molecule has 3 nitrogen and oxygen atoms in total. The molecule has 1 aromatic rings. The van der Waals surface area contributed by atoms with E-state index >= 15 is 0 Å². The molecule has 4 heteroatoms. The summed E-state index contributed by atoms with van der Waals surface area (Å²) in [7, 11) is 0. The Balaban J connectivity index is 2.68. The van der Waals surface area contributed by atoms with Gasteiger partial charge in [0, 0.05) is 10.2 Å². The van der Waals surface area contributed by atoms with E-state index in [1.807, 2.05) is 0 Å². The van der Waals surface area contributed by atoms with Crippen molar-refractivity contribution in [3.8, 4) is 5.75 Å². The van der Waals surface area contributed by atoms with Crippen LogP contribution >= 0.6 is 15.9 Å². The molecule has 0 aromatic heterocycles. The van der Waals surface area contributed by atoms with Gasteiger partial charge in [-0.1, -0.05) is 15.9 Å². The van der Waals surface area contributed by atoms with Crippen LogP contribution in [-0.4, -0.2) is 12.4 Å². The zero-order chi connectivity index (χ0) is 8.72. The number of nitrogens with two attached hydrogens (primary N) is 1. The molecule has 2 N–H and O–H groups in total. The number of hydrogen-bond acceptors (Lipinski definition) is 3. The fraction of sp³-hybridized carbons (Fsp3) is 0.125. The largest absolute Gasteiger partial charge is 0.485 e. The first-order valence-corrected chi connectivity index (χ1v) is 4.23. The number of rotatable bonds is 0. The fourth-order valence-electron chi connectivity index (χ4n) is 1.23. The van der Waals surface area contributed by atoms with E-state index in [4.69, 9.17) is 10.5 Å². The van der Waals surface area contributed by atoms with Gasteiger partial charge in [-0.3, -0.25) is 4.79 Å². The number of anilines is 1. The lowest BCUT2D eigenvalue weighted by molar-refractivity contribution is 0.0961. The zero-order valence-electron chi connectivity index (χ0n) is 6.13. The number of Topliss-reactive ketones (excluding diaryl/α,β-unsaturated/α-hetero) is 1. The Morgan fingerprint density at radius 3 is 3.00 bits per heavy atom. The van der Waals surface area contributed by atoms with Gasteiger partial charge in [0.1, 0.15) is 5.75 Å². The number of carbonyl (C=O) groups excluding carboxylic acids is 1. The molecule has 0 amide bonds. The van der Waals surface area contributed by atoms with Crippen molar-refractivity contribution in [3.05, 3.63) is 22.2 Å². The summed E-state index contributed by atoms with van der Waals surface area (Å²) in [5.74, 6) is 0.530. The van der Waals surface area contributed by atoms with Crippen LogP contribution in [0.1, 0.15) is 10.4 Å². The predicted molar refractivity (Wildman–Crippen MR) is 48.4 cm³/mol. The third-order valence-corrected chi connectivity index (χ3v) is 2.19. The second-order valence-electron chi connectivity index (χ2n) is 2.58. The number of benzene rings is 1. The molecule has 0 bridgehead atoms. The number of carbonyl (C=O) groups is 1. The van der Waals surface area contributed by atoms with Crippen LogP contribution in [0.2, 0.25) is 0 Å². The lowest BCUT2D eigenvalue weighted by atomic mass is 10.1. The van der Waals surface area contributed by atoms with Crippen LogP contribution in [-0.2, 0) is 0 Å². The number of ether oxygens (including phenoxy) is 1. The number of fused-ring (bicyclic) bond motifs is 1. The molecule has 0 fully saturated rings. The summed E-state index contributed by atoms with van der Waals surface area (Å²) in [6.07, 6.45) is 0. The van der Waals surface area contributed by atoms with Gasteiger partial charge in [0.15, 0.2) is 6.61 Å². The Kier molecular flexibility index (Phi) is 1.58. The maximum absolute atomic E-state index is 11.2. The van der Waals surface area contributed by atoms with Crippen LogP contribution in [0.3, 0.4) is 0 Å². The average Bonchev–Trinajstić information content (AvgIpc) is 2.31. The van der Waals surface area contributed by atoms with Gasteiger partial charge in [0.05, 0.1) is 5.56 Å². The van der Waals surface area contributed by atoms with Crippen LogP contribution in [0, 0.1) is 0 Å². The smallest absolute Gasteiger partial charge is 0.206 e. The summed E-state index contributed by atoms with van der Waals surface area (Å²) in [5, 5.41) is 0. The zero-order valence-corrected chi connectivity index (χ0v) is 7.72. The van der Waals surface area contributed by atoms with E-state index in [9.17, 15) is 4.79 Å². The standard InChI is InChI=1S/C8H6BrNO2/c9-4-1-5(10)8-6(11)3-12-7(8)2-4/h1-2H,3,10H2. The molecule has 1 aliphatic rings. The van der Waals surface area contributed by atoms with Gasteiger partial charge in [-0.2, -0.15) is 0 Å². The van der Waals surface area contributed by atoms with E-state index in [1.54, 1.807) is 12.1 Å². The summed E-state index contributed by atoms with van der Waals surface area (Å²) < 4.78 is 5.94. The van der Waals surface area contributed by atoms with Gasteiger partial charge in [0.25, 0.3) is 0 Å². The molecule has 0 radical (unpaired) electrons. The molecule has 1 aliphatic heterocycles. The summed E-state index contributed by atoms with van der Waals surface area (Å²) in [6, 6.07) is 3.45. The molecule has 0 saturated heterocycles. The summed E-state index contributed by atoms with van der Waals surface area (Å²) in [5.41, 5.74) is 6.62. The van der Waals surface area contributed by atoms with Crippen LogP contribution in [0.4, 0.5) is 5.69 Å². The van der Waals surface area contributed by atoms with Crippen LogP contribution < -0.4 is 10.5 Å². The van der Waals surface area contributed by atoms with Gasteiger partial charge < -0.3 is 10.5 Å². The van der Waals surface area contributed by atoms with Crippen molar-refractivity contribution in [2.45, 2.75) is 0 Å². The fourth-order valence-corrected chi connectivity index (χ4v) is 1.68. The monoisotopic (exact) mass is 227 g/mol. The molecule has 0 unspecified atom stereocenters. The Hall–Kier alpha value is -1.03. The molecule has 1 aromatic carbocycles. The summed E-state index contributed by atoms with van der Waals surface area (Å²) >= 11 is 3.26. The van der Waals surface area contributed by atoms with Gasteiger partial charge in [-0.15, -0.1) is 0 Å². The third-order valence-electron chi connectivity index (χ3n) is 1.74. The van der Waals surface area contributed by atoms with Crippen LogP contribution in [0.5, 0.6) is 5.75 Å². The van der Waals surface area contributed by atoms with E-state index < -0.39 is 0 Å². The normalized spacial score (nSPS) is 14.2. The highest BCUT2D eigenvalue weighted by atomic mass is 79.9. The number of hydrogen-bond donors (Lipinski definition) is 1. The summed E-state index contributed by atoms with van der Waals surface area (Å²) in [4.78, 5) is 11.2. The van der Waals surface area contributed by atoms with Gasteiger partial charge in [-0.25, -0.2) is 0 Å². The quantitative estimate of drug-likeness (QED) is 0.686. The molecule has 2 rings (SSSR count). The lowest BCUT2D eigenvalue weighted by Crippen LogP contribution is -2.01. The number of ketones is 1. The van der Waals surface area contributed by atoms with E-state index in [0.29, 0.717) is 17.0 Å². The minimum atomic E-state index is -0.0463. The van der Waals surface area contributed by atoms with Gasteiger partial charge >= 0.3 is 0 Å². The maximum Gasteiger partial charge on any atom is 0.206 e. The Bertz CT molecular complexity index is 362. The van der Waals surface area contributed by atoms with Crippen molar-refractivity contribution in [1.82, 2.24) is 0 Å². The Morgan fingerprint density at radius 1 is 1.50 bits per heavy atom. The van der Waals surface area contributed by atoms with E-state index in [2.05, 4.69) is 15.9 Å². The van der Waals surface area contributed by atoms with Crippen molar-refractivity contribution in [3.63, 3.8) is 0 Å². The lowest BCUT2D eigenvalue weighted by Gasteiger charge is -2.00. The second-order valence-corrected chi connectivity index (χ2v) is 3.50. The first kappa shape index (κ1) is 7.61. The molecule has 1 heterocycles. The van der Waals surface area contributed by atoms with Crippen LogP contribution in [0.25, 0.3) is 0 Å². The first-order chi connectivity index (χ1) is 5.68. The van der Waals surface area contributed by atoms with Crippen molar-refractivity contribution in [1.29, 1.82) is 0 Å². The molecule has 0 saturated carbocycles. The van der Waals surface area contributed by atoms with Crippen molar-refractivity contribution in [2.75, 3.05) is 12.3 Å². The van der Waals surface area contributed by atoms with E-state index in [0.717, 1.165) is 4.47 Å². The molecular weight excluding hydrogens is 222 g/mol. The molecule has 12 heavy (non-hydrogen) atoms. The number of nitrogen functional groups attached to an aromatic ring is 1. The van der Waals surface area contributed by atoms with Crippen molar-refractivity contribution >= 4 is 27.4 Å². The minimum absolute atomic E-state index is 0.0463. The molecule has 0 atom stereocenters. The highest BCUT2D eigenvalue weighted by molar-refractivity contribution is 9.10. The minimum Gasteiger partial charge on any atom is -0.485 e. The highest BCUT2D eigenvalue weighted by Gasteiger charge is 2.23. The van der Waals surface area contributed by atoms with Gasteiger partial charge in [0.2, 0.25) is 5.78 Å². The second kappa shape index (κ2) is 2.48. The molecule has 0 aliphatic carbocycles. The highest BCUT2D eigenvalue weighted by Crippen LogP contribution is 2.33. The SMILES string of the molecule is Nc1cc(Br)cc2c1C(=O)CO2. The third kappa shape index (κ3) is 0.992. The van der Waals surface area contributed by atoms with Crippen molar-refractivity contribution in [2.24, 2.45) is 0 Å². The topological polar surface area (TPSA) is 52.3 Å². The average molecular weight is 228 g/mol. The van der Waals surface area contributed by atoms with E-state index in [-0.39, 0.29) is 12.4 Å². The van der Waals surface area contributed by atoms with E-state index in [1.165, 1.54) is 0 Å². The molecule has 0 spiro atoms. The maximum atomic E-state index is 11.2. The molecule has 62 valence electrons. The van der Waals surface area contributed by atoms with Crippen molar-refractivity contribution < 1.29 is 9.53 Å². The Labute approximate surface area is 77.6 Å². The Morgan fingerprint density at radius 2 is 2.25 bits per heavy atom. The predicted octanol–water partition coefficient (Wildman–Crippen LogP) is 1.61. The number of halogens is 1. The summed E-state index contributed by atoms with van der Waals surface area (Å²) in [6.45, 7) is 0.107. The molecular formula is C8H6BrNO2.